The summed E-state index contributed by atoms with van der Waals surface area (Å²) >= 11 is 0. The van der Waals surface area contributed by atoms with E-state index in [0.717, 1.165) is 11.0 Å². The molecule has 0 saturated carbocycles. The predicted molar refractivity (Wildman–Crippen MR) is 68.5 cm³/mol. The van der Waals surface area contributed by atoms with Crippen LogP contribution in [-0.4, -0.2) is 77.3 Å². The smallest absolute Gasteiger partial charge is 0.319 e. The summed E-state index contributed by atoms with van der Waals surface area (Å²) in [6, 6.07) is 0. The number of likely N-dealkylation sites (N-methyl/N-ethyl adjacent to an activating group) is 1. The van der Waals surface area contributed by atoms with Gasteiger partial charge in [0.15, 0.2) is 0 Å². The third kappa shape index (κ3) is 16.1. The fourth-order valence-electron chi connectivity index (χ4n) is 0.859. The summed E-state index contributed by atoms with van der Waals surface area (Å²) in [5.74, 6) is 0.220. The zero-order valence-electron chi connectivity index (χ0n) is 10.6. The Labute approximate surface area is 107 Å². The number of ether oxygens (including phenoxy) is 2. The summed E-state index contributed by atoms with van der Waals surface area (Å²) in [5, 5.41) is 0. The fourth-order valence-corrected chi connectivity index (χ4v) is 2.09. The van der Waals surface area contributed by atoms with Gasteiger partial charge in [0.25, 0.3) is 0 Å². The van der Waals surface area contributed by atoms with Crippen LogP contribution in [0, 0.1) is 0 Å². The Kier molecular flexibility index (Phi) is 8.35. The van der Waals surface area contributed by atoms with Gasteiger partial charge in [0, 0.05) is 5.75 Å². The standard InChI is InChI=1S/C9H21NO5S2/c1-10(2,3)4-5-14-6-7-15-8-9-16-17(11,12)13/h4-9H2,1-3H3/p+1. The Morgan fingerprint density at radius 2 is 1.59 bits per heavy atom. The van der Waals surface area contributed by atoms with E-state index in [2.05, 4.69) is 21.1 Å². The monoisotopic (exact) mass is 288 g/mol. The number of hydrogen-bond acceptors (Lipinski definition) is 5. The highest BCUT2D eigenvalue weighted by atomic mass is 33.1. The third-order valence-corrected chi connectivity index (χ3v) is 3.76. The molecule has 0 amide bonds. The van der Waals surface area contributed by atoms with Gasteiger partial charge in [-0.15, -0.1) is 0 Å². The van der Waals surface area contributed by atoms with Gasteiger partial charge in [-0.3, -0.25) is 4.55 Å². The van der Waals surface area contributed by atoms with Gasteiger partial charge in [0.2, 0.25) is 0 Å². The highest BCUT2D eigenvalue weighted by Crippen LogP contribution is 2.07. The molecule has 0 rings (SSSR count). The summed E-state index contributed by atoms with van der Waals surface area (Å²) in [4.78, 5) is 0. The van der Waals surface area contributed by atoms with Crippen molar-refractivity contribution in [2.45, 2.75) is 0 Å². The SMILES string of the molecule is C[N+](C)(C)CCOCCOCCSS(=O)(=O)O. The van der Waals surface area contributed by atoms with Crippen LogP contribution < -0.4 is 0 Å². The maximum absolute atomic E-state index is 10.3. The number of hydrogen-bond donors (Lipinski definition) is 1. The van der Waals surface area contributed by atoms with E-state index in [1.54, 1.807) is 0 Å². The molecule has 0 heterocycles. The van der Waals surface area contributed by atoms with Crippen LogP contribution in [0.5, 0.6) is 0 Å². The molecule has 0 aliphatic carbocycles. The Bertz CT molecular complexity index is 286. The largest absolute Gasteiger partial charge is 0.378 e. The molecule has 0 aliphatic heterocycles. The molecule has 0 aromatic rings. The van der Waals surface area contributed by atoms with Gasteiger partial charge in [-0.25, -0.2) is 0 Å². The first-order valence-electron chi connectivity index (χ1n) is 5.28. The number of nitrogens with zero attached hydrogens (tertiary/aromatic N) is 1. The molecule has 0 atom stereocenters. The van der Waals surface area contributed by atoms with Crippen molar-refractivity contribution in [3.8, 4) is 0 Å². The second-order valence-electron chi connectivity index (χ2n) is 4.49. The van der Waals surface area contributed by atoms with Crippen molar-refractivity contribution in [1.82, 2.24) is 0 Å². The van der Waals surface area contributed by atoms with Crippen molar-refractivity contribution in [2.24, 2.45) is 0 Å². The fraction of sp³-hybridized carbons (Fsp3) is 1.00. The maximum Gasteiger partial charge on any atom is 0.319 e. The van der Waals surface area contributed by atoms with Gasteiger partial charge in [-0.1, -0.05) is 0 Å². The Morgan fingerprint density at radius 3 is 2.06 bits per heavy atom. The zero-order valence-corrected chi connectivity index (χ0v) is 12.2. The number of rotatable bonds is 10. The molecule has 0 unspecified atom stereocenters. The van der Waals surface area contributed by atoms with Gasteiger partial charge < -0.3 is 14.0 Å². The van der Waals surface area contributed by atoms with Crippen LogP contribution in [0.1, 0.15) is 0 Å². The van der Waals surface area contributed by atoms with Crippen molar-refractivity contribution in [3.63, 3.8) is 0 Å². The summed E-state index contributed by atoms with van der Waals surface area (Å²) in [6.07, 6.45) is 0. The normalized spacial score (nSPS) is 12.9. The van der Waals surface area contributed by atoms with Gasteiger partial charge in [0.1, 0.15) is 6.54 Å². The Balaban J connectivity index is 3.20. The molecule has 0 saturated heterocycles. The predicted octanol–water partition coefficient (Wildman–Crippen LogP) is 0.262. The minimum atomic E-state index is -3.94. The quantitative estimate of drug-likeness (QED) is 0.269. The van der Waals surface area contributed by atoms with Crippen molar-refractivity contribution >= 4 is 19.9 Å². The molecule has 0 spiro atoms. The first kappa shape index (κ1) is 17.1. The van der Waals surface area contributed by atoms with Crippen LogP contribution in [-0.2, 0) is 18.6 Å². The lowest BCUT2D eigenvalue weighted by Gasteiger charge is -2.23. The molecular formula is C9H22NO5S2+. The lowest BCUT2D eigenvalue weighted by Crippen LogP contribution is -2.37. The topological polar surface area (TPSA) is 72.8 Å². The molecule has 0 radical (unpaired) electrons. The van der Waals surface area contributed by atoms with Crippen LogP contribution in [0.25, 0.3) is 0 Å². The van der Waals surface area contributed by atoms with Crippen LogP contribution in [0.2, 0.25) is 0 Å². The van der Waals surface area contributed by atoms with E-state index < -0.39 is 9.15 Å². The second-order valence-corrected chi connectivity index (χ2v) is 7.96. The van der Waals surface area contributed by atoms with Gasteiger partial charge in [-0.2, -0.15) is 8.42 Å². The van der Waals surface area contributed by atoms with E-state index in [9.17, 15) is 8.42 Å². The minimum Gasteiger partial charge on any atom is -0.378 e. The first-order chi connectivity index (χ1) is 7.71. The zero-order chi connectivity index (χ0) is 13.4. The number of quaternary nitrogens is 1. The molecule has 6 nitrogen and oxygen atoms in total. The first-order valence-corrected chi connectivity index (χ1v) is 8.23. The van der Waals surface area contributed by atoms with Crippen molar-refractivity contribution in [1.29, 1.82) is 0 Å². The summed E-state index contributed by atoms with van der Waals surface area (Å²) in [7, 11) is 2.80. The van der Waals surface area contributed by atoms with E-state index in [1.165, 1.54) is 0 Å². The van der Waals surface area contributed by atoms with E-state index in [4.69, 9.17) is 14.0 Å². The summed E-state index contributed by atoms with van der Waals surface area (Å²) < 4.78 is 40.4. The molecule has 104 valence electrons. The second kappa shape index (κ2) is 8.28. The lowest BCUT2D eigenvalue weighted by atomic mass is 10.5. The van der Waals surface area contributed by atoms with E-state index in [0.29, 0.717) is 30.6 Å². The van der Waals surface area contributed by atoms with E-state index in [-0.39, 0.29) is 12.4 Å². The van der Waals surface area contributed by atoms with Crippen molar-refractivity contribution in [2.75, 3.05) is 59.9 Å². The highest BCUT2D eigenvalue weighted by Gasteiger charge is 2.06. The average molecular weight is 288 g/mol. The molecule has 0 fully saturated rings. The highest BCUT2D eigenvalue weighted by molar-refractivity contribution is 8.69. The average Bonchev–Trinajstić information content (AvgIpc) is 2.11. The molecule has 0 aliphatic rings. The molecular weight excluding hydrogens is 266 g/mol. The Morgan fingerprint density at radius 1 is 1.06 bits per heavy atom. The molecule has 1 N–H and O–H groups in total. The van der Waals surface area contributed by atoms with Gasteiger partial charge >= 0.3 is 9.15 Å². The van der Waals surface area contributed by atoms with Gasteiger partial charge in [-0.05, 0) is 10.8 Å². The van der Waals surface area contributed by atoms with E-state index in [1.807, 2.05) is 0 Å². The molecule has 0 aromatic carbocycles. The maximum atomic E-state index is 10.3. The van der Waals surface area contributed by atoms with Crippen LogP contribution >= 0.6 is 10.8 Å². The van der Waals surface area contributed by atoms with E-state index >= 15 is 0 Å². The third-order valence-electron chi connectivity index (χ3n) is 1.74. The molecule has 0 aromatic heterocycles. The van der Waals surface area contributed by atoms with Crippen molar-refractivity contribution in [3.05, 3.63) is 0 Å². The summed E-state index contributed by atoms with van der Waals surface area (Å²) in [5.41, 5.74) is 0. The molecule has 17 heavy (non-hydrogen) atoms. The van der Waals surface area contributed by atoms with Gasteiger partial charge in [0.05, 0.1) is 47.6 Å². The van der Waals surface area contributed by atoms with Crippen LogP contribution in [0.3, 0.4) is 0 Å². The molecule has 0 bridgehead atoms. The van der Waals surface area contributed by atoms with Crippen LogP contribution in [0.4, 0.5) is 0 Å². The lowest BCUT2D eigenvalue weighted by molar-refractivity contribution is -0.870. The minimum absolute atomic E-state index is 0.220. The van der Waals surface area contributed by atoms with Crippen molar-refractivity contribution < 1.29 is 26.9 Å². The Hall–Kier alpha value is 0.140. The molecule has 8 heteroatoms. The van der Waals surface area contributed by atoms with Crippen LogP contribution in [0.15, 0.2) is 0 Å². The summed E-state index contributed by atoms with van der Waals surface area (Å²) in [6.45, 7) is 2.81.